The van der Waals surface area contributed by atoms with Crippen LogP contribution in [0, 0.1) is 0 Å². The van der Waals surface area contributed by atoms with E-state index in [2.05, 4.69) is 25.4 Å². The van der Waals surface area contributed by atoms with Gasteiger partial charge in [0, 0.05) is 16.6 Å². The van der Waals surface area contributed by atoms with E-state index >= 15 is 0 Å². The van der Waals surface area contributed by atoms with Gasteiger partial charge in [0.2, 0.25) is 5.13 Å². The van der Waals surface area contributed by atoms with Gasteiger partial charge in [-0.1, -0.05) is 12.1 Å². The van der Waals surface area contributed by atoms with Crippen molar-refractivity contribution < 1.29 is 4.52 Å². The Labute approximate surface area is 128 Å². The van der Waals surface area contributed by atoms with Gasteiger partial charge in [0.1, 0.15) is 0 Å². The SMILES string of the molecule is NC(N)=Nc1nc(-c2cccc(Nc3nc(N)no3)c2)cs1. The van der Waals surface area contributed by atoms with Crippen LogP contribution in [0.2, 0.25) is 0 Å². The van der Waals surface area contributed by atoms with Crippen LogP contribution in [-0.4, -0.2) is 21.1 Å². The van der Waals surface area contributed by atoms with Crippen molar-refractivity contribution in [2.75, 3.05) is 11.1 Å². The van der Waals surface area contributed by atoms with Crippen molar-refractivity contribution >= 4 is 40.1 Å². The summed E-state index contributed by atoms with van der Waals surface area (Å²) in [5.41, 5.74) is 18.5. The fraction of sp³-hybridized carbons (Fsp3) is 0. The highest BCUT2D eigenvalue weighted by Gasteiger charge is 2.07. The van der Waals surface area contributed by atoms with E-state index in [1.807, 2.05) is 29.6 Å². The fourth-order valence-corrected chi connectivity index (χ4v) is 2.44. The van der Waals surface area contributed by atoms with Crippen molar-refractivity contribution in [3.05, 3.63) is 29.6 Å². The smallest absolute Gasteiger partial charge is 0.327 e. The third kappa shape index (κ3) is 3.12. The molecule has 7 N–H and O–H groups in total. The molecule has 0 saturated heterocycles. The third-order valence-electron chi connectivity index (χ3n) is 2.57. The van der Waals surface area contributed by atoms with Gasteiger partial charge in [-0.05, 0) is 17.3 Å². The molecule has 0 amide bonds. The molecular formula is C12H12N8OS. The van der Waals surface area contributed by atoms with E-state index in [-0.39, 0.29) is 17.9 Å². The Kier molecular flexibility index (Phi) is 3.58. The number of nitrogens with one attached hydrogen (secondary N) is 1. The minimum Gasteiger partial charge on any atom is -0.370 e. The van der Waals surface area contributed by atoms with E-state index < -0.39 is 0 Å². The van der Waals surface area contributed by atoms with Gasteiger partial charge >= 0.3 is 6.01 Å². The molecule has 0 aliphatic carbocycles. The number of anilines is 3. The molecule has 0 atom stereocenters. The molecule has 112 valence electrons. The van der Waals surface area contributed by atoms with E-state index in [4.69, 9.17) is 21.7 Å². The first-order valence-corrected chi connectivity index (χ1v) is 7.00. The summed E-state index contributed by atoms with van der Waals surface area (Å²) in [6.45, 7) is 0. The zero-order valence-corrected chi connectivity index (χ0v) is 12.0. The fourth-order valence-electron chi connectivity index (χ4n) is 1.72. The summed E-state index contributed by atoms with van der Waals surface area (Å²) in [6.07, 6.45) is 0. The van der Waals surface area contributed by atoms with Crippen LogP contribution in [0.4, 0.5) is 22.8 Å². The lowest BCUT2D eigenvalue weighted by atomic mass is 10.1. The average molecular weight is 316 g/mol. The molecule has 3 aromatic rings. The summed E-state index contributed by atoms with van der Waals surface area (Å²) >= 11 is 1.35. The molecule has 0 aliphatic heterocycles. The molecule has 1 aromatic carbocycles. The van der Waals surface area contributed by atoms with Gasteiger partial charge in [0.05, 0.1) is 5.69 Å². The summed E-state index contributed by atoms with van der Waals surface area (Å²) in [5.74, 6) is 0.0466. The molecule has 9 nitrogen and oxygen atoms in total. The molecule has 22 heavy (non-hydrogen) atoms. The van der Waals surface area contributed by atoms with Gasteiger partial charge in [0.25, 0.3) is 5.95 Å². The molecule has 0 spiro atoms. The average Bonchev–Trinajstić information content (AvgIpc) is 3.08. The van der Waals surface area contributed by atoms with Crippen molar-refractivity contribution in [2.45, 2.75) is 0 Å². The molecule has 0 bridgehead atoms. The van der Waals surface area contributed by atoms with Gasteiger partial charge in [0.15, 0.2) is 5.96 Å². The topological polar surface area (TPSA) is 154 Å². The molecular weight excluding hydrogens is 304 g/mol. The van der Waals surface area contributed by atoms with Gasteiger partial charge in [-0.2, -0.15) is 9.98 Å². The lowest BCUT2D eigenvalue weighted by molar-refractivity contribution is 0.436. The number of rotatable bonds is 4. The molecule has 0 fully saturated rings. The van der Waals surface area contributed by atoms with Crippen molar-refractivity contribution in [3.63, 3.8) is 0 Å². The second-order valence-electron chi connectivity index (χ2n) is 4.22. The van der Waals surface area contributed by atoms with Crippen LogP contribution < -0.4 is 22.5 Å². The Balaban J connectivity index is 1.84. The molecule has 0 saturated carbocycles. The second kappa shape index (κ2) is 5.69. The number of aliphatic imine (C=N–C) groups is 1. The summed E-state index contributed by atoms with van der Waals surface area (Å²) in [7, 11) is 0. The highest BCUT2D eigenvalue weighted by molar-refractivity contribution is 7.13. The Bertz CT molecular complexity index is 820. The van der Waals surface area contributed by atoms with E-state index in [1.54, 1.807) is 0 Å². The molecule has 2 aromatic heterocycles. The zero-order chi connectivity index (χ0) is 15.5. The van der Waals surface area contributed by atoms with Crippen molar-refractivity contribution in [3.8, 4) is 11.3 Å². The number of nitrogens with zero attached hydrogens (tertiary/aromatic N) is 4. The van der Waals surface area contributed by atoms with Gasteiger partial charge in [-0.15, -0.1) is 11.3 Å². The number of aromatic nitrogens is 3. The lowest BCUT2D eigenvalue weighted by Crippen LogP contribution is -2.21. The highest BCUT2D eigenvalue weighted by Crippen LogP contribution is 2.28. The number of guanidine groups is 1. The van der Waals surface area contributed by atoms with Crippen LogP contribution in [0.25, 0.3) is 11.3 Å². The van der Waals surface area contributed by atoms with Crippen molar-refractivity contribution in [1.29, 1.82) is 0 Å². The number of hydrogen-bond acceptors (Lipinski definition) is 8. The largest absolute Gasteiger partial charge is 0.370 e. The summed E-state index contributed by atoms with van der Waals surface area (Å²) in [5, 5.41) is 8.83. The first-order valence-electron chi connectivity index (χ1n) is 6.12. The number of nitrogen functional groups attached to an aromatic ring is 1. The molecule has 10 heteroatoms. The highest BCUT2D eigenvalue weighted by atomic mass is 32.1. The van der Waals surface area contributed by atoms with Crippen LogP contribution in [0.3, 0.4) is 0 Å². The maximum absolute atomic E-state index is 5.40. The van der Waals surface area contributed by atoms with Crippen LogP contribution in [0.15, 0.2) is 39.2 Å². The zero-order valence-electron chi connectivity index (χ0n) is 11.2. The molecule has 3 rings (SSSR count). The monoisotopic (exact) mass is 316 g/mol. The van der Waals surface area contributed by atoms with E-state index in [0.717, 1.165) is 16.9 Å². The molecule has 2 heterocycles. The van der Waals surface area contributed by atoms with Crippen molar-refractivity contribution in [1.82, 2.24) is 15.1 Å². The first-order chi connectivity index (χ1) is 10.6. The predicted octanol–water partition coefficient (Wildman–Crippen LogP) is 1.42. The number of thiazole rings is 1. The summed E-state index contributed by atoms with van der Waals surface area (Å²) in [6, 6.07) is 7.75. The van der Waals surface area contributed by atoms with Crippen molar-refractivity contribution in [2.24, 2.45) is 16.5 Å². The minimum atomic E-state index is -0.0229. The minimum absolute atomic E-state index is 0.0229. The van der Waals surface area contributed by atoms with Gasteiger partial charge < -0.3 is 27.0 Å². The predicted molar refractivity (Wildman–Crippen MR) is 85.0 cm³/mol. The number of benzene rings is 1. The van der Waals surface area contributed by atoms with Crippen LogP contribution in [0.5, 0.6) is 0 Å². The van der Waals surface area contributed by atoms with E-state index in [1.165, 1.54) is 11.3 Å². The lowest BCUT2D eigenvalue weighted by Gasteiger charge is -2.03. The maximum Gasteiger partial charge on any atom is 0.327 e. The second-order valence-corrected chi connectivity index (χ2v) is 5.05. The molecule has 0 aliphatic rings. The Hall–Kier alpha value is -3.14. The van der Waals surface area contributed by atoms with Gasteiger partial charge in [-0.25, -0.2) is 4.98 Å². The summed E-state index contributed by atoms with van der Waals surface area (Å²) in [4.78, 5) is 12.1. The molecule has 0 unspecified atom stereocenters. The quantitative estimate of drug-likeness (QED) is 0.416. The van der Waals surface area contributed by atoms with E-state index in [0.29, 0.717) is 5.13 Å². The first kappa shape index (κ1) is 13.8. The Morgan fingerprint density at radius 3 is 2.86 bits per heavy atom. The summed E-state index contributed by atoms with van der Waals surface area (Å²) < 4.78 is 4.91. The molecule has 0 radical (unpaired) electrons. The maximum atomic E-state index is 5.40. The number of hydrogen-bond donors (Lipinski definition) is 4. The third-order valence-corrected chi connectivity index (χ3v) is 3.30. The van der Waals surface area contributed by atoms with Crippen LogP contribution >= 0.6 is 11.3 Å². The number of nitrogens with two attached hydrogens (primary N) is 3. The van der Waals surface area contributed by atoms with Gasteiger partial charge in [-0.3, -0.25) is 0 Å². The Morgan fingerprint density at radius 1 is 1.27 bits per heavy atom. The Morgan fingerprint density at radius 2 is 2.14 bits per heavy atom. The van der Waals surface area contributed by atoms with Crippen LogP contribution in [-0.2, 0) is 0 Å². The van der Waals surface area contributed by atoms with E-state index in [9.17, 15) is 0 Å². The normalized spacial score (nSPS) is 10.4. The standard InChI is InChI=1S/C12H12N8OS/c13-9(14)18-12-17-8(5-22-12)6-2-1-3-7(4-6)16-11-19-10(15)20-21-11/h1-5H,(H4,13,14,17,18)(H3,15,16,19,20). The van der Waals surface area contributed by atoms with Crippen LogP contribution in [0.1, 0.15) is 0 Å².